The Morgan fingerprint density at radius 3 is 2.42 bits per heavy atom. The highest BCUT2D eigenvalue weighted by Crippen LogP contribution is 2.29. The molecule has 1 N–H and O–H groups in total. The molecule has 1 aromatic carbocycles. The summed E-state index contributed by atoms with van der Waals surface area (Å²) in [6.07, 6.45) is 0. The van der Waals surface area contributed by atoms with Crippen LogP contribution in [-0.4, -0.2) is 24.3 Å². The van der Waals surface area contributed by atoms with Crippen LogP contribution in [0.3, 0.4) is 0 Å². The molecule has 0 saturated carbocycles. The van der Waals surface area contributed by atoms with E-state index in [9.17, 15) is 4.79 Å². The molecular weight excluding hydrogens is 258 g/mol. The number of rotatable bonds is 4. The summed E-state index contributed by atoms with van der Waals surface area (Å²) in [7, 11) is 4.01. The summed E-state index contributed by atoms with van der Waals surface area (Å²) in [5.74, 6) is 0.0404. The summed E-state index contributed by atoms with van der Waals surface area (Å²) in [5.41, 5.74) is 3.56. The van der Waals surface area contributed by atoms with Crippen molar-refractivity contribution >= 4 is 33.7 Å². The Hall–Kier alpha value is -1.88. The second kappa shape index (κ2) is 5.40. The van der Waals surface area contributed by atoms with Crippen LogP contribution in [0.2, 0.25) is 0 Å². The van der Waals surface area contributed by atoms with Crippen molar-refractivity contribution < 1.29 is 4.79 Å². The Morgan fingerprint density at radius 1 is 1.26 bits per heavy atom. The van der Waals surface area contributed by atoms with Crippen LogP contribution in [0.4, 0.5) is 16.4 Å². The smallest absolute Gasteiger partial charge is 0.164 e. The van der Waals surface area contributed by atoms with E-state index in [1.807, 2.05) is 50.2 Å². The molecule has 0 spiro atoms. The van der Waals surface area contributed by atoms with E-state index < -0.39 is 0 Å². The minimum Gasteiger partial charge on any atom is -0.378 e. The topological polar surface area (TPSA) is 45.2 Å². The van der Waals surface area contributed by atoms with E-state index in [0.717, 1.165) is 22.1 Å². The van der Waals surface area contributed by atoms with Gasteiger partial charge in [-0.05, 0) is 49.6 Å². The maximum absolute atomic E-state index is 11.6. The zero-order valence-corrected chi connectivity index (χ0v) is 12.3. The van der Waals surface area contributed by atoms with Gasteiger partial charge in [-0.25, -0.2) is 0 Å². The minimum absolute atomic E-state index is 0.0404. The third-order valence-corrected chi connectivity index (χ3v) is 3.71. The first kappa shape index (κ1) is 13.5. The molecule has 0 aliphatic carbocycles. The van der Waals surface area contributed by atoms with Gasteiger partial charge in [0.2, 0.25) is 0 Å². The number of Topliss-reactive ketones (excluding diaryl/α,β-unsaturated/α-hetero) is 1. The van der Waals surface area contributed by atoms with Crippen LogP contribution in [-0.2, 0) is 0 Å². The van der Waals surface area contributed by atoms with Crippen molar-refractivity contribution in [2.24, 2.45) is 0 Å². The molecule has 5 heteroatoms. The predicted octanol–water partition coefficient (Wildman–Crippen LogP) is 3.46. The summed E-state index contributed by atoms with van der Waals surface area (Å²) in [4.78, 5) is 13.6. The molecule has 0 unspecified atom stereocenters. The van der Waals surface area contributed by atoms with E-state index in [1.165, 1.54) is 11.5 Å². The van der Waals surface area contributed by atoms with E-state index in [2.05, 4.69) is 9.69 Å². The molecule has 100 valence electrons. The molecule has 1 aromatic heterocycles. The summed E-state index contributed by atoms with van der Waals surface area (Å²) in [6.45, 7) is 3.42. The quantitative estimate of drug-likeness (QED) is 0.868. The average molecular weight is 275 g/mol. The maximum Gasteiger partial charge on any atom is 0.164 e. The second-order valence-corrected chi connectivity index (χ2v) is 5.37. The molecule has 2 rings (SSSR count). The molecule has 4 nitrogen and oxygen atoms in total. The van der Waals surface area contributed by atoms with Crippen LogP contribution >= 0.6 is 11.5 Å². The predicted molar refractivity (Wildman–Crippen MR) is 80.9 cm³/mol. The van der Waals surface area contributed by atoms with Crippen molar-refractivity contribution in [3.05, 3.63) is 35.5 Å². The fourth-order valence-corrected chi connectivity index (χ4v) is 2.71. The fraction of sp³-hybridized carbons (Fsp3) is 0.286. The molecule has 0 aliphatic heterocycles. The lowest BCUT2D eigenvalue weighted by atomic mass is 10.2. The molecule has 19 heavy (non-hydrogen) atoms. The number of carbonyl (C=O) groups is 1. The number of nitrogens with zero attached hydrogens (tertiary/aromatic N) is 2. The Balaban J connectivity index is 2.24. The first-order valence-corrected chi connectivity index (χ1v) is 6.78. The van der Waals surface area contributed by atoms with Gasteiger partial charge in [0.05, 0.1) is 11.3 Å². The lowest BCUT2D eigenvalue weighted by molar-refractivity contribution is 0.101. The third kappa shape index (κ3) is 2.93. The molecule has 0 atom stereocenters. The number of ketones is 1. The van der Waals surface area contributed by atoms with E-state index in [4.69, 9.17) is 0 Å². The van der Waals surface area contributed by atoms with E-state index in [1.54, 1.807) is 6.92 Å². The van der Waals surface area contributed by atoms with Gasteiger partial charge in [0.15, 0.2) is 5.78 Å². The molecule has 0 bridgehead atoms. The Kier molecular flexibility index (Phi) is 3.85. The van der Waals surface area contributed by atoms with Gasteiger partial charge in [-0.2, -0.15) is 4.37 Å². The van der Waals surface area contributed by atoms with Crippen molar-refractivity contribution in [1.82, 2.24) is 4.37 Å². The van der Waals surface area contributed by atoms with Crippen molar-refractivity contribution in [3.63, 3.8) is 0 Å². The van der Waals surface area contributed by atoms with Gasteiger partial charge in [0.1, 0.15) is 5.00 Å². The van der Waals surface area contributed by atoms with E-state index >= 15 is 0 Å². The zero-order valence-electron chi connectivity index (χ0n) is 11.5. The monoisotopic (exact) mass is 275 g/mol. The highest BCUT2D eigenvalue weighted by Gasteiger charge is 2.14. The lowest BCUT2D eigenvalue weighted by Gasteiger charge is -2.13. The number of benzene rings is 1. The van der Waals surface area contributed by atoms with Crippen LogP contribution in [0.15, 0.2) is 24.3 Å². The number of carbonyl (C=O) groups excluding carboxylic acids is 1. The summed E-state index contributed by atoms with van der Waals surface area (Å²) >= 11 is 1.32. The molecular formula is C14H17N3OS. The minimum atomic E-state index is 0.0404. The molecule has 1 heterocycles. The summed E-state index contributed by atoms with van der Waals surface area (Å²) in [6, 6.07) is 8.05. The van der Waals surface area contributed by atoms with E-state index in [0.29, 0.717) is 5.56 Å². The number of aryl methyl sites for hydroxylation is 1. The standard InChI is InChI=1S/C14H17N3OS/c1-9-13(10(2)18)14(19-16-9)15-11-5-7-12(8-6-11)17(3)4/h5-8,15H,1-4H3. The van der Waals surface area contributed by atoms with Crippen LogP contribution < -0.4 is 10.2 Å². The second-order valence-electron chi connectivity index (χ2n) is 4.59. The van der Waals surface area contributed by atoms with E-state index in [-0.39, 0.29) is 5.78 Å². The van der Waals surface area contributed by atoms with Crippen LogP contribution in [0, 0.1) is 6.92 Å². The Labute approximate surface area is 117 Å². The van der Waals surface area contributed by atoms with Gasteiger partial charge in [-0.15, -0.1) is 0 Å². The van der Waals surface area contributed by atoms with Crippen LogP contribution in [0.5, 0.6) is 0 Å². The first-order valence-electron chi connectivity index (χ1n) is 6.00. The van der Waals surface area contributed by atoms with Gasteiger partial charge in [-0.3, -0.25) is 4.79 Å². The van der Waals surface area contributed by atoms with Crippen molar-refractivity contribution in [2.75, 3.05) is 24.3 Å². The summed E-state index contributed by atoms with van der Waals surface area (Å²) in [5, 5.41) is 4.07. The normalized spacial score (nSPS) is 10.3. The van der Waals surface area contributed by atoms with Gasteiger partial charge in [0, 0.05) is 25.5 Å². The largest absolute Gasteiger partial charge is 0.378 e. The molecule has 0 saturated heterocycles. The highest BCUT2D eigenvalue weighted by atomic mass is 32.1. The van der Waals surface area contributed by atoms with Crippen LogP contribution in [0.25, 0.3) is 0 Å². The molecule has 0 fully saturated rings. The first-order chi connectivity index (χ1) is 8.99. The highest BCUT2D eigenvalue weighted by molar-refractivity contribution is 7.10. The molecule has 0 radical (unpaired) electrons. The lowest BCUT2D eigenvalue weighted by Crippen LogP contribution is -2.08. The Morgan fingerprint density at radius 2 is 1.89 bits per heavy atom. The summed E-state index contributed by atoms with van der Waals surface area (Å²) < 4.78 is 4.23. The third-order valence-electron chi connectivity index (χ3n) is 2.86. The van der Waals surface area contributed by atoms with Crippen molar-refractivity contribution in [1.29, 1.82) is 0 Å². The number of hydrogen-bond acceptors (Lipinski definition) is 5. The number of anilines is 3. The van der Waals surface area contributed by atoms with Crippen LogP contribution in [0.1, 0.15) is 23.0 Å². The van der Waals surface area contributed by atoms with Gasteiger partial charge in [-0.1, -0.05) is 0 Å². The van der Waals surface area contributed by atoms with Gasteiger partial charge in [0.25, 0.3) is 0 Å². The number of hydrogen-bond donors (Lipinski definition) is 1. The molecule has 2 aromatic rings. The number of aromatic nitrogens is 1. The van der Waals surface area contributed by atoms with Gasteiger partial charge >= 0.3 is 0 Å². The van der Waals surface area contributed by atoms with Crippen molar-refractivity contribution in [3.8, 4) is 0 Å². The average Bonchev–Trinajstić information content (AvgIpc) is 2.71. The van der Waals surface area contributed by atoms with Gasteiger partial charge < -0.3 is 10.2 Å². The van der Waals surface area contributed by atoms with Crippen molar-refractivity contribution in [2.45, 2.75) is 13.8 Å². The maximum atomic E-state index is 11.6. The zero-order chi connectivity index (χ0) is 14.0. The fourth-order valence-electron chi connectivity index (χ4n) is 1.84. The number of nitrogens with one attached hydrogen (secondary N) is 1. The SMILES string of the molecule is CC(=O)c1c(C)nsc1Nc1ccc(N(C)C)cc1. The molecule has 0 aliphatic rings. The Bertz CT molecular complexity index is 587. The molecule has 0 amide bonds.